The quantitative estimate of drug-likeness (QED) is 0.514. The molecule has 4 aromatic rings. The highest BCUT2D eigenvalue weighted by atomic mass is 35.5. The molecule has 0 unspecified atom stereocenters. The summed E-state index contributed by atoms with van der Waals surface area (Å²) in [4.78, 5) is 21.0. The molecule has 0 radical (unpaired) electrons. The molecule has 0 aliphatic heterocycles. The number of hydrogen-bond acceptors (Lipinski definition) is 5. The third-order valence-electron chi connectivity index (χ3n) is 4.17. The number of pyridine rings is 1. The molecule has 0 saturated heterocycles. The maximum Gasteiger partial charge on any atom is 0.257 e. The molecule has 0 fully saturated rings. The Balaban J connectivity index is 1.54. The van der Waals surface area contributed by atoms with Gasteiger partial charge in [-0.3, -0.25) is 9.78 Å². The number of carbonyl (C=O) groups is 1. The van der Waals surface area contributed by atoms with Crippen molar-refractivity contribution in [2.75, 3.05) is 5.32 Å². The van der Waals surface area contributed by atoms with E-state index in [1.165, 1.54) is 12.1 Å². The third kappa shape index (κ3) is 4.30. The van der Waals surface area contributed by atoms with E-state index >= 15 is 0 Å². The van der Waals surface area contributed by atoms with Gasteiger partial charge >= 0.3 is 0 Å². The van der Waals surface area contributed by atoms with Crippen LogP contribution < -0.4 is 5.32 Å². The van der Waals surface area contributed by atoms with Gasteiger partial charge in [0.2, 0.25) is 11.7 Å². The van der Waals surface area contributed by atoms with Crippen LogP contribution in [-0.2, 0) is 6.42 Å². The van der Waals surface area contributed by atoms with E-state index in [1.807, 2.05) is 18.2 Å². The van der Waals surface area contributed by atoms with E-state index in [4.69, 9.17) is 16.1 Å². The van der Waals surface area contributed by atoms with Crippen LogP contribution in [0.15, 0.2) is 71.5 Å². The Labute approximate surface area is 170 Å². The van der Waals surface area contributed by atoms with Gasteiger partial charge in [0, 0.05) is 23.6 Å². The van der Waals surface area contributed by atoms with Gasteiger partial charge in [0.1, 0.15) is 5.82 Å². The number of para-hydroxylation sites is 1. The molecule has 2 heterocycles. The van der Waals surface area contributed by atoms with Gasteiger partial charge in [-0.05, 0) is 42.0 Å². The van der Waals surface area contributed by atoms with Crippen LogP contribution in [0.3, 0.4) is 0 Å². The maximum absolute atomic E-state index is 13.2. The zero-order valence-corrected chi connectivity index (χ0v) is 15.7. The summed E-state index contributed by atoms with van der Waals surface area (Å²) in [7, 11) is 0. The fourth-order valence-electron chi connectivity index (χ4n) is 2.76. The Kier molecular flexibility index (Phi) is 5.31. The first kappa shape index (κ1) is 18.8. The van der Waals surface area contributed by atoms with Crippen molar-refractivity contribution in [1.29, 1.82) is 0 Å². The SMILES string of the molecule is O=C(Nc1ccccc1Cc1nc(-c2cccnc2)no1)c1ccc(F)cc1Cl. The number of aromatic nitrogens is 3. The van der Waals surface area contributed by atoms with Gasteiger partial charge in [-0.15, -0.1) is 0 Å². The van der Waals surface area contributed by atoms with Crippen molar-refractivity contribution in [3.8, 4) is 11.4 Å². The smallest absolute Gasteiger partial charge is 0.257 e. The topological polar surface area (TPSA) is 80.9 Å². The molecule has 4 rings (SSSR count). The minimum absolute atomic E-state index is 0.0398. The van der Waals surface area contributed by atoms with Crippen LogP contribution >= 0.6 is 11.6 Å². The van der Waals surface area contributed by atoms with Crippen LogP contribution in [-0.4, -0.2) is 21.0 Å². The zero-order chi connectivity index (χ0) is 20.2. The predicted molar refractivity (Wildman–Crippen MR) is 106 cm³/mol. The Bertz CT molecular complexity index is 1160. The number of rotatable bonds is 5. The van der Waals surface area contributed by atoms with Crippen LogP contribution in [0.2, 0.25) is 5.02 Å². The van der Waals surface area contributed by atoms with E-state index in [0.717, 1.165) is 17.2 Å². The van der Waals surface area contributed by atoms with Crippen molar-refractivity contribution < 1.29 is 13.7 Å². The summed E-state index contributed by atoms with van der Waals surface area (Å²) in [6, 6.07) is 14.5. The normalized spacial score (nSPS) is 10.7. The van der Waals surface area contributed by atoms with E-state index in [-0.39, 0.29) is 10.6 Å². The second-order valence-electron chi connectivity index (χ2n) is 6.17. The highest BCUT2D eigenvalue weighted by Gasteiger charge is 2.15. The first-order valence-corrected chi connectivity index (χ1v) is 9.05. The van der Waals surface area contributed by atoms with E-state index in [9.17, 15) is 9.18 Å². The molecule has 29 heavy (non-hydrogen) atoms. The maximum atomic E-state index is 13.2. The van der Waals surface area contributed by atoms with Crippen LogP contribution in [0, 0.1) is 5.82 Å². The fourth-order valence-corrected chi connectivity index (χ4v) is 3.01. The first-order valence-electron chi connectivity index (χ1n) is 8.67. The molecule has 1 amide bonds. The number of anilines is 1. The van der Waals surface area contributed by atoms with E-state index in [1.54, 1.807) is 30.6 Å². The highest BCUT2D eigenvalue weighted by Crippen LogP contribution is 2.23. The molecule has 2 aromatic heterocycles. The number of nitrogens with one attached hydrogen (secondary N) is 1. The molecular formula is C21H14ClFN4O2. The number of hydrogen-bond donors (Lipinski definition) is 1. The van der Waals surface area contributed by atoms with Crippen molar-refractivity contribution in [1.82, 2.24) is 15.1 Å². The van der Waals surface area contributed by atoms with E-state index in [2.05, 4.69) is 20.4 Å². The minimum Gasteiger partial charge on any atom is -0.339 e. The molecule has 6 nitrogen and oxygen atoms in total. The average Bonchev–Trinajstić information content (AvgIpc) is 3.18. The largest absolute Gasteiger partial charge is 0.339 e. The van der Waals surface area contributed by atoms with Crippen LogP contribution in [0.25, 0.3) is 11.4 Å². The molecular weight excluding hydrogens is 395 g/mol. The number of nitrogens with zero attached hydrogens (tertiary/aromatic N) is 3. The standard InChI is InChI=1S/C21H14ClFN4O2/c22-17-11-15(23)7-8-16(17)21(28)25-18-6-2-1-4-13(18)10-19-26-20(27-29-19)14-5-3-9-24-12-14/h1-9,11-12H,10H2,(H,25,28). The van der Waals surface area contributed by atoms with Crippen molar-refractivity contribution >= 4 is 23.2 Å². The molecule has 0 spiro atoms. The highest BCUT2D eigenvalue weighted by molar-refractivity contribution is 6.34. The summed E-state index contributed by atoms with van der Waals surface area (Å²) < 4.78 is 18.6. The second-order valence-corrected chi connectivity index (χ2v) is 6.57. The summed E-state index contributed by atoms with van der Waals surface area (Å²) in [6.07, 6.45) is 3.63. The number of halogens is 2. The van der Waals surface area contributed by atoms with Crippen LogP contribution in [0.4, 0.5) is 10.1 Å². The molecule has 144 valence electrons. The fraction of sp³-hybridized carbons (Fsp3) is 0.0476. The first-order chi connectivity index (χ1) is 14.1. The molecule has 2 aromatic carbocycles. The van der Waals surface area contributed by atoms with Crippen molar-refractivity contribution in [2.24, 2.45) is 0 Å². The number of carbonyl (C=O) groups excluding carboxylic acids is 1. The summed E-state index contributed by atoms with van der Waals surface area (Å²) in [5.41, 5.74) is 2.27. The monoisotopic (exact) mass is 408 g/mol. The zero-order valence-electron chi connectivity index (χ0n) is 15.0. The molecule has 0 bridgehead atoms. The van der Waals surface area contributed by atoms with Gasteiger partial charge in [-0.25, -0.2) is 4.39 Å². The third-order valence-corrected chi connectivity index (χ3v) is 4.48. The molecule has 0 atom stereocenters. The van der Waals surface area contributed by atoms with Gasteiger partial charge < -0.3 is 9.84 Å². The van der Waals surface area contributed by atoms with Gasteiger partial charge in [0.25, 0.3) is 5.91 Å². The van der Waals surface area contributed by atoms with Crippen molar-refractivity contribution in [3.05, 3.63) is 94.8 Å². The minimum atomic E-state index is -0.507. The lowest BCUT2D eigenvalue weighted by Crippen LogP contribution is -2.14. The molecule has 0 aliphatic carbocycles. The summed E-state index contributed by atoms with van der Waals surface area (Å²) >= 11 is 5.98. The summed E-state index contributed by atoms with van der Waals surface area (Å²) in [6.45, 7) is 0. The van der Waals surface area contributed by atoms with Crippen molar-refractivity contribution in [2.45, 2.75) is 6.42 Å². The number of amides is 1. The van der Waals surface area contributed by atoms with E-state index in [0.29, 0.717) is 23.8 Å². The Morgan fingerprint density at radius 2 is 2.00 bits per heavy atom. The average molecular weight is 409 g/mol. The Morgan fingerprint density at radius 1 is 1.14 bits per heavy atom. The Morgan fingerprint density at radius 3 is 2.79 bits per heavy atom. The summed E-state index contributed by atoms with van der Waals surface area (Å²) in [5.74, 6) is -0.116. The van der Waals surface area contributed by atoms with Gasteiger partial charge in [-0.1, -0.05) is 35.0 Å². The lowest BCUT2D eigenvalue weighted by molar-refractivity contribution is 0.102. The summed E-state index contributed by atoms with van der Waals surface area (Å²) in [5, 5.41) is 6.81. The van der Waals surface area contributed by atoms with Gasteiger partial charge in [0.05, 0.1) is 17.0 Å². The van der Waals surface area contributed by atoms with Gasteiger partial charge in [-0.2, -0.15) is 4.98 Å². The second kappa shape index (κ2) is 8.20. The Hall–Kier alpha value is -3.58. The molecule has 0 saturated carbocycles. The van der Waals surface area contributed by atoms with Crippen LogP contribution in [0.5, 0.6) is 0 Å². The number of benzene rings is 2. The van der Waals surface area contributed by atoms with Gasteiger partial charge in [0.15, 0.2) is 0 Å². The predicted octanol–water partition coefficient (Wildman–Crippen LogP) is 4.77. The lowest BCUT2D eigenvalue weighted by atomic mass is 10.1. The molecule has 1 N–H and O–H groups in total. The molecule has 0 aliphatic rings. The van der Waals surface area contributed by atoms with E-state index < -0.39 is 11.7 Å². The molecule has 8 heteroatoms. The van der Waals surface area contributed by atoms with Crippen LogP contribution in [0.1, 0.15) is 21.8 Å². The lowest BCUT2D eigenvalue weighted by Gasteiger charge is -2.10. The van der Waals surface area contributed by atoms with Crippen molar-refractivity contribution in [3.63, 3.8) is 0 Å².